The first kappa shape index (κ1) is 14.0. The molecule has 17 heavy (non-hydrogen) atoms. The molecule has 1 amide bonds. The maximum Gasteiger partial charge on any atom is 0.234 e. The molecule has 0 aliphatic rings. The van der Waals surface area contributed by atoms with Gasteiger partial charge in [0, 0.05) is 11.8 Å². The lowest BCUT2D eigenvalue weighted by atomic mass is 10.3. The minimum Gasteiger partial charge on any atom is -0.327 e. The largest absolute Gasteiger partial charge is 0.327 e. The standard InChI is InChI=1S/C12H17FN2OS/c1-2-9(14)7-17-8-12(16)15-11-6-4-3-5-10(11)13/h3-6,9H,2,7-8,14H2,1H3,(H,15,16). The zero-order valence-corrected chi connectivity index (χ0v) is 10.6. The first-order chi connectivity index (χ1) is 8.13. The fourth-order valence-corrected chi connectivity index (χ4v) is 2.08. The molecule has 0 radical (unpaired) electrons. The number of thioether (sulfide) groups is 1. The van der Waals surface area contributed by atoms with E-state index in [2.05, 4.69) is 5.32 Å². The maximum atomic E-state index is 13.2. The van der Waals surface area contributed by atoms with Crippen LogP contribution >= 0.6 is 11.8 Å². The zero-order valence-electron chi connectivity index (χ0n) is 9.78. The van der Waals surface area contributed by atoms with Crippen molar-refractivity contribution < 1.29 is 9.18 Å². The fourth-order valence-electron chi connectivity index (χ4n) is 1.17. The van der Waals surface area contributed by atoms with E-state index in [9.17, 15) is 9.18 Å². The summed E-state index contributed by atoms with van der Waals surface area (Å²) < 4.78 is 13.2. The number of benzene rings is 1. The average molecular weight is 256 g/mol. The van der Waals surface area contributed by atoms with E-state index in [1.165, 1.54) is 23.9 Å². The molecule has 1 aromatic rings. The van der Waals surface area contributed by atoms with E-state index in [-0.39, 0.29) is 17.6 Å². The van der Waals surface area contributed by atoms with Crippen LogP contribution in [0.1, 0.15) is 13.3 Å². The van der Waals surface area contributed by atoms with Crippen LogP contribution in [0.4, 0.5) is 10.1 Å². The van der Waals surface area contributed by atoms with Crippen LogP contribution in [0.15, 0.2) is 24.3 Å². The summed E-state index contributed by atoms with van der Waals surface area (Å²) in [6.07, 6.45) is 0.891. The molecule has 5 heteroatoms. The quantitative estimate of drug-likeness (QED) is 0.820. The van der Waals surface area contributed by atoms with Gasteiger partial charge < -0.3 is 11.1 Å². The Morgan fingerprint density at radius 3 is 2.88 bits per heavy atom. The molecule has 0 aliphatic heterocycles. The zero-order chi connectivity index (χ0) is 12.7. The summed E-state index contributed by atoms with van der Waals surface area (Å²) in [6, 6.07) is 6.23. The minimum absolute atomic E-state index is 0.112. The summed E-state index contributed by atoms with van der Waals surface area (Å²) in [5.41, 5.74) is 5.94. The average Bonchev–Trinajstić information content (AvgIpc) is 2.32. The number of hydrogen-bond donors (Lipinski definition) is 2. The highest BCUT2D eigenvalue weighted by Crippen LogP contribution is 2.13. The normalized spacial score (nSPS) is 12.2. The Hall–Kier alpha value is -1.07. The highest BCUT2D eigenvalue weighted by Gasteiger charge is 2.07. The van der Waals surface area contributed by atoms with Crippen molar-refractivity contribution in [3.63, 3.8) is 0 Å². The number of nitrogens with one attached hydrogen (secondary N) is 1. The number of nitrogens with two attached hydrogens (primary N) is 1. The van der Waals surface area contributed by atoms with Crippen LogP contribution < -0.4 is 11.1 Å². The van der Waals surface area contributed by atoms with Gasteiger partial charge in [0.05, 0.1) is 11.4 Å². The van der Waals surface area contributed by atoms with Crippen LogP contribution in [0, 0.1) is 5.82 Å². The molecule has 0 heterocycles. The molecule has 0 bridgehead atoms. The third-order valence-electron chi connectivity index (χ3n) is 2.24. The van der Waals surface area contributed by atoms with Gasteiger partial charge in [0.25, 0.3) is 0 Å². The number of carbonyl (C=O) groups excluding carboxylic acids is 1. The summed E-state index contributed by atoms with van der Waals surface area (Å²) in [5.74, 6) is 0.406. The SMILES string of the molecule is CCC(N)CSCC(=O)Nc1ccccc1F. The van der Waals surface area contributed by atoms with E-state index in [0.717, 1.165) is 12.2 Å². The first-order valence-electron chi connectivity index (χ1n) is 5.51. The van der Waals surface area contributed by atoms with Gasteiger partial charge in [-0.2, -0.15) is 11.8 Å². The first-order valence-corrected chi connectivity index (χ1v) is 6.66. The van der Waals surface area contributed by atoms with Gasteiger partial charge in [0.2, 0.25) is 5.91 Å². The lowest BCUT2D eigenvalue weighted by Crippen LogP contribution is -2.23. The van der Waals surface area contributed by atoms with Crippen LogP contribution in [0.3, 0.4) is 0 Å². The molecule has 0 saturated heterocycles. The van der Waals surface area contributed by atoms with E-state index in [4.69, 9.17) is 5.73 Å². The van der Waals surface area contributed by atoms with Crippen molar-refractivity contribution in [3.8, 4) is 0 Å². The third-order valence-corrected chi connectivity index (χ3v) is 3.37. The molecule has 3 N–H and O–H groups in total. The van der Waals surface area contributed by atoms with Crippen molar-refractivity contribution >= 4 is 23.4 Å². The van der Waals surface area contributed by atoms with Crippen LogP contribution in [-0.4, -0.2) is 23.5 Å². The molecule has 1 aromatic carbocycles. The van der Waals surface area contributed by atoms with Crippen molar-refractivity contribution in [1.82, 2.24) is 0 Å². The molecule has 0 aromatic heterocycles. The van der Waals surface area contributed by atoms with Gasteiger partial charge in [-0.1, -0.05) is 19.1 Å². The fraction of sp³-hybridized carbons (Fsp3) is 0.417. The Morgan fingerprint density at radius 1 is 1.53 bits per heavy atom. The number of halogens is 1. The molecule has 1 atom stereocenters. The number of anilines is 1. The maximum absolute atomic E-state index is 13.2. The molecule has 0 spiro atoms. The van der Waals surface area contributed by atoms with Gasteiger partial charge >= 0.3 is 0 Å². The van der Waals surface area contributed by atoms with Gasteiger partial charge in [-0.3, -0.25) is 4.79 Å². The summed E-state index contributed by atoms with van der Waals surface area (Å²) in [4.78, 5) is 11.5. The molecule has 1 unspecified atom stereocenters. The minimum atomic E-state index is -0.420. The molecular weight excluding hydrogens is 239 g/mol. The topological polar surface area (TPSA) is 55.1 Å². The van der Waals surface area contributed by atoms with Crippen molar-refractivity contribution in [2.45, 2.75) is 19.4 Å². The van der Waals surface area contributed by atoms with Crippen molar-refractivity contribution in [2.24, 2.45) is 5.73 Å². The van der Waals surface area contributed by atoms with Gasteiger partial charge in [0.1, 0.15) is 5.82 Å². The van der Waals surface area contributed by atoms with Crippen LogP contribution in [-0.2, 0) is 4.79 Å². The Balaban J connectivity index is 2.33. The number of hydrogen-bond acceptors (Lipinski definition) is 3. The summed E-state index contributed by atoms with van der Waals surface area (Å²) in [6.45, 7) is 2.00. The van der Waals surface area contributed by atoms with Gasteiger partial charge in [-0.05, 0) is 18.6 Å². The summed E-state index contributed by atoms with van der Waals surface area (Å²) in [5, 5.41) is 2.53. The van der Waals surface area contributed by atoms with Gasteiger partial charge in [0.15, 0.2) is 0 Å². The Morgan fingerprint density at radius 2 is 2.24 bits per heavy atom. The summed E-state index contributed by atoms with van der Waals surface area (Å²) >= 11 is 1.46. The second kappa shape index (κ2) is 7.29. The molecule has 3 nitrogen and oxygen atoms in total. The second-order valence-corrected chi connectivity index (χ2v) is 4.74. The van der Waals surface area contributed by atoms with Crippen LogP contribution in [0.5, 0.6) is 0 Å². The van der Waals surface area contributed by atoms with Crippen molar-refractivity contribution in [2.75, 3.05) is 16.8 Å². The second-order valence-electron chi connectivity index (χ2n) is 3.71. The van der Waals surface area contributed by atoms with Gasteiger partial charge in [-0.15, -0.1) is 0 Å². The highest BCUT2D eigenvalue weighted by molar-refractivity contribution is 8.00. The number of carbonyl (C=O) groups is 1. The molecule has 0 aliphatic carbocycles. The molecule has 0 fully saturated rings. The molecule has 94 valence electrons. The third kappa shape index (κ3) is 5.19. The van der Waals surface area contributed by atoms with Crippen molar-refractivity contribution in [3.05, 3.63) is 30.1 Å². The number of rotatable bonds is 6. The monoisotopic (exact) mass is 256 g/mol. The Labute approximate surface area is 105 Å². The van der Waals surface area contributed by atoms with Crippen molar-refractivity contribution in [1.29, 1.82) is 0 Å². The number of para-hydroxylation sites is 1. The molecular formula is C12H17FN2OS. The van der Waals surface area contributed by atoms with E-state index < -0.39 is 5.82 Å². The lowest BCUT2D eigenvalue weighted by Gasteiger charge is -2.08. The predicted octanol–water partition coefficient (Wildman–Crippen LogP) is 2.23. The Bertz CT molecular complexity index is 373. The van der Waals surface area contributed by atoms with E-state index in [1.54, 1.807) is 12.1 Å². The highest BCUT2D eigenvalue weighted by atomic mass is 32.2. The molecule has 1 rings (SSSR count). The van der Waals surface area contributed by atoms with E-state index >= 15 is 0 Å². The van der Waals surface area contributed by atoms with E-state index in [0.29, 0.717) is 5.75 Å². The van der Waals surface area contributed by atoms with Gasteiger partial charge in [-0.25, -0.2) is 4.39 Å². The van der Waals surface area contributed by atoms with E-state index in [1.807, 2.05) is 6.92 Å². The summed E-state index contributed by atoms with van der Waals surface area (Å²) in [7, 11) is 0. The number of amides is 1. The lowest BCUT2D eigenvalue weighted by molar-refractivity contribution is -0.113. The smallest absolute Gasteiger partial charge is 0.234 e. The van der Waals surface area contributed by atoms with Crippen LogP contribution in [0.25, 0.3) is 0 Å². The predicted molar refractivity (Wildman–Crippen MR) is 70.6 cm³/mol. The molecule has 0 saturated carbocycles. The van der Waals surface area contributed by atoms with Crippen LogP contribution in [0.2, 0.25) is 0 Å². The Kier molecular flexibility index (Phi) is 6.00.